The Balaban J connectivity index is 2.41. The highest BCUT2D eigenvalue weighted by atomic mass is 16.4. The third kappa shape index (κ3) is 3.47. The number of nitrogens with two attached hydrogens (primary N) is 1. The SMILES string of the molecule is CC(CN1CCC(C)C(CN)C1)C(=O)O. The fourth-order valence-corrected chi connectivity index (χ4v) is 2.16. The second kappa shape index (κ2) is 5.47. The quantitative estimate of drug-likeness (QED) is 0.720. The van der Waals surface area contributed by atoms with Gasteiger partial charge in [-0.1, -0.05) is 13.8 Å². The zero-order chi connectivity index (χ0) is 11.4. The van der Waals surface area contributed by atoms with Crippen molar-refractivity contribution in [1.82, 2.24) is 4.90 Å². The standard InChI is InChI=1S/C11H22N2O2/c1-8-3-4-13(7-10(8)5-12)6-9(2)11(14)15/h8-10H,3-7,12H2,1-2H3,(H,14,15). The summed E-state index contributed by atoms with van der Waals surface area (Å²) in [4.78, 5) is 13.0. The maximum Gasteiger partial charge on any atom is 0.307 e. The molecule has 15 heavy (non-hydrogen) atoms. The molecule has 0 aromatic heterocycles. The molecule has 0 aliphatic carbocycles. The molecule has 1 fully saturated rings. The Morgan fingerprint density at radius 1 is 1.67 bits per heavy atom. The lowest BCUT2D eigenvalue weighted by Gasteiger charge is -2.37. The fourth-order valence-electron chi connectivity index (χ4n) is 2.16. The van der Waals surface area contributed by atoms with Gasteiger partial charge in [-0.15, -0.1) is 0 Å². The molecule has 0 spiro atoms. The van der Waals surface area contributed by atoms with Crippen LogP contribution in [-0.2, 0) is 4.79 Å². The number of nitrogens with zero attached hydrogens (tertiary/aromatic N) is 1. The van der Waals surface area contributed by atoms with Crippen LogP contribution in [0.4, 0.5) is 0 Å². The summed E-state index contributed by atoms with van der Waals surface area (Å²) in [6, 6.07) is 0. The van der Waals surface area contributed by atoms with Crippen molar-refractivity contribution in [3.05, 3.63) is 0 Å². The summed E-state index contributed by atoms with van der Waals surface area (Å²) in [7, 11) is 0. The Morgan fingerprint density at radius 3 is 2.87 bits per heavy atom. The number of carbonyl (C=O) groups is 1. The molecule has 1 heterocycles. The van der Waals surface area contributed by atoms with Gasteiger partial charge >= 0.3 is 5.97 Å². The number of aliphatic carboxylic acids is 1. The van der Waals surface area contributed by atoms with E-state index in [0.717, 1.165) is 19.5 Å². The van der Waals surface area contributed by atoms with E-state index in [1.54, 1.807) is 6.92 Å². The van der Waals surface area contributed by atoms with Crippen LogP contribution < -0.4 is 5.73 Å². The monoisotopic (exact) mass is 214 g/mol. The van der Waals surface area contributed by atoms with Gasteiger partial charge in [0.05, 0.1) is 5.92 Å². The topological polar surface area (TPSA) is 66.6 Å². The van der Waals surface area contributed by atoms with Gasteiger partial charge in [0.1, 0.15) is 0 Å². The normalized spacial score (nSPS) is 30.1. The Morgan fingerprint density at radius 2 is 2.33 bits per heavy atom. The van der Waals surface area contributed by atoms with Crippen LogP contribution in [0.5, 0.6) is 0 Å². The van der Waals surface area contributed by atoms with Crippen molar-refractivity contribution < 1.29 is 9.90 Å². The molecule has 1 rings (SSSR count). The van der Waals surface area contributed by atoms with Crippen molar-refractivity contribution in [3.63, 3.8) is 0 Å². The Bertz CT molecular complexity index is 221. The molecule has 4 nitrogen and oxygen atoms in total. The van der Waals surface area contributed by atoms with Crippen LogP contribution in [0.15, 0.2) is 0 Å². The van der Waals surface area contributed by atoms with E-state index in [1.165, 1.54) is 0 Å². The zero-order valence-corrected chi connectivity index (χ0v) is 9.65. The van der Waals surface area contributed by atoms with E-state index in [1.807, 2.05) is 0 Å². The first kappa shape index (κ1) is 12.5. The molecule has 0 saturated carbocycles. The second-order valence-electron chi connectivity index (χ2n) is 4.76. The van der Waals surface area contributed by atoms with Crippen LogP contribution in [0.25, 0.3) is 0 Å². The molecule has 0 aromatic carbocycles. The smallest absolute Gasteiger partial charge is 0.307 e. The Hall–Kier alpha value is -0.610. The molecule has 88 valence electrons. The van der Waals surface area contributed by atoms with Crippen molar-refractivity contribution in [1.29, 1.82) is 0 Å². The number of likely N-dealkylation sites (tertiary alicyclic amines) is 1. The lowest BCUT2D eigenvalue weighted by Crippen LogP contribution is -2.44. The highest BCUT2D eigenvalue weighted by Crippen LogP contribution is 2.22. The minimum Gasteiger partial charge on any atom is -0.481 e. The summed E-state index contributed by atoms with van der Waals surface area (Å²) in [5.41, 5.74) is 5.70. The third-order valence-corrected chi connectivity index (χ3v) is 3.45. The average Bonchev–Trinajstić information content (AvgIpc) is 2.20. The zero-order valence-electron chi connectivity index (χ0n) is 9.65. The van der Waals surface area contributed by atoms with Crippen molar-refractivity contribution >= 4 is 5.97 Å². The molecule has 1 aliphatic rings. The predicted molar refractivity (Wildman–Crippen MR) is 59.6 cm³/mol. The van der Waals surface area contributed by atoms with Crippen LogP contribution in [-0.4, -0.2) is 42.2 Å². The van der Waals surface area contributed by atoms with Crippen molar-refractivity contribution in [2.45, 2.75) is 20.3 Å². The van der Waals surface area contributed by atoms with Crippen LogP contribution in [0.3, 0.4) is 0 Å². The number of carboxylic acids is 1. The van der Waals surface area contributed by atoms with Gasteiger partial charge in [0.15, 0.2) is 0 Å². The van der Waals surface area contributed by atoms with Gasteiger partial charge in [0.25, 0.3) is 0 Å². The third-order valence-electron chi connectivity index (χ3n) is 3.45. The summed E-state index contributed by atoms with van der Waals surface area (Å²) in [5.74, 6) is 0.209. The number of rotatable bonds is 4. The van der Waals surface area contributed by atoms with Crippen molar-refractivity contribution in [3.8, 4) is 0 Å². The molecular formula is C11H22N2O2. The van der Waals surface area contributed by atoms with Crippen LogP contribution in [0, 0.1) is 17.8 Å². The molecular weight excluding hydrogens is 192 g/mol. The van der Waals surface area contributed by atoms with E-state index >= 15 is 0 Å². The minimum absolute atomic E-state index is 0.281. The molecule has 0 aromatic rings. The fraction of sp³-hybridized carbons (Fsp3) is 0.909. The number of carboxylic acid groups (broad SMARTS) is 1. The molecule has 3 unspecified atom stereocenters. The number of hydrogen-bond donors (Lipinski definition) is 2. The lowest BCUT2D eigenvalue weighted by molar-refractivity contribution is -0.141. The first-order valence-electron chi connectivity index (χ1n) is 5.69. The summed E-state index contributed by atoms with van der Waals surface area (Å²) < 4.78 is 0. The average molecular weight is 214 g/mol. The molecule has 1 aliphatic heterocycles. The maximum absolute atomic E-state index is 10.7. The molecule has 0 radical (unpaired) electrons. The lowest BCUT2D eigenvalue weighted by atomic mass is 9.87. The van der Waals surface area contributed by atoms with Gasteiger partial charge in [-0.2, -0.15) is 0 Å². The minimum atomic E-state index is -0.710. The maximum atomic E-state index is 10.7. The highest BCUT2D eigenvalue weighted by Gasteiger charge is 2.26. The van der Waals surface area contributed by atoms with Crippen LogP contribution in [0.1, 0.15) is 20.3 Å². The van der Waals surface area contributed by atoms with E-state index in [2.05, 4.69) is 11.8 Å². The molecule has 0 amide bonds. The van der Waals surface area contributed by atoms with Gasteiger partial charge in [-0.3, -0.25) is 4.79 Å². The molecule has 0 bridgehead atoms. The molecule has 4 heteroatoms. The van der Waals surface area contributed by atoms with Gasteiger partial charge in [0, 0.05) is 13.1 Å². The second-order valence-corrected chi connectivity index (χ2v) is 4.76. The van der Waals surface area contributed by atoms with Crippen molar-refractivity contribution in [2.75, 3.05) is 26.2 Å². The van der Waals surface area contributed by atoms with E-state index in [4.69, 9.17) is 10.8 Å². The highest BCUT2D eigenvalue weighted by molar-refractivity contribution is 5.69. The Labute approximate surface area is 91.4 Å². The summed E-state index contributed by atoms with van der Waals surface area (Å²) in [5, 5.41) is 8.84. The van der Waals surface area contributed by atoms with Gasteiger partial charge in [-0.25, -0.2) is 0 Å². The van der Waals surface area contributed by atoms with Crippen LogP contribution >= 0.6 is 0 Å². The molecule has 1 saturated heterocycles. The predicted octanol–water partition coefficient (Wildman–Crippen LogP) is 0.624. The summed E-state index contributed by atoms with van der Waals surface area (Å²) >= 11 is 0. The first-order valence-corrected chi connectivity index (χ1v) is 5.69. The molecule has 3 atom stereocenters. The largest absolute Gasteiger partial charge is 0.481 e. The van der Waals surface area contributed by atoms with Crippen molar-refractivity contribution in [2.24, 2.45) is 23.5 Å². The van der Waals surface area contributed by atoms with Gasteiger partial charge < -0.3 is 15.7 Å². The van der Waals surface area contributed by atoms with Gasteiger partial charge in [0.2, 0.25) is 0 Å². The van der Waals surface area contributed by atoms with E-state index in [9.17, 15) is 4.79 Å². The molecule has 3 N–H and O–H groups in total. The van der Waals surface area contributed by atoms with E-state index in [0.29, 0.717) is 24.9 Å². The summed E-state index contributed by atoms with van der Waals surface area (Å²) in [6.07, 6.45) is 1.13. The van der Waals surface area contributed by atoms with Gasteiger partial charge in [-0.05, 0) is 31.3 Å². The number of hydrogen-bond acceptors (Lipinski definition) is 3. The summed E-state index contributed by atoms with van der Waals surface area (Å²) in [6.45, 7) is 7.32. The van der Waals surface area contributed by atoms with E-state index in [-0.39, 0.29) is 5.92 Å². The first-order chi connectivity index (χ1) is 7.04. The van der Waals surface area contributed by atoms with Crippen LogP contribution in [0.2, 0.25) is 0 Å². The Kier molecular flexibility index (Phi) is 4.54. The van der Waals surface area contributed by atoms with E-state index < -0.39 is 5.97 Å². The number of piperidine rings is 1.